The van der Waals surface area contributed by atoms with E-state index in [0.717, 1.165) is 17.0 Å². The van der Waals surface area contributed by atoms with Crippen molar-refractivity contribution in [2.75, 3.05) is 7.11 Å². The Bertz CT molecular complexity index is 578. The molecule has 1 heterocycles. The number of carboxylic acids is 1. The zero-order chi connectivity index (χ0) is 13.1. The number of hydrogen-bond acceptors (Lipinski definition) is 4. The van der Waals surface area contributed by atoms with Gasteiger partial charge in [0.15, 0.2) is 0 Å². The highest BCUT2D eigenvalue weighted by Gasteiger charge is 2.11. The second-order valence-electron chi connectivity index (χ2n) is 3.86. The van der Waals surface area contributed by atoms with E-state index in [9.17, 15) is 4.79 Å². The van der Waals surface area contributed by atoms with Gasteiger partial charge in [-0.1, -0.05) is 5.21 Å². The van der Waals surface area contributed by atoms with E-state index in [0.29, 0.717) is 5.69 Å². The minimum Gasteiger partial charge on any atom is -0.496 e. The van der Waals surface area contributed by atoms with Crippen molar-refractivity contribution in [3.63, 3.8) is 0 Å². The number of carbonyl (C=O) groups is 1. The van der Waals surface area contributed by atoms with E-state index in [-0.39, 0.29) is 6.42 Å². The Morgan fingerprint density at radius 3 is 2.89 bits per heavy atom. The van der Waals surface area contributed by atoms with Gasteiger partial charge in [-0.2, -0.15) is 0 Å². The Kier molecular flexibility index (Phi) is 3.27. The molecule has 2 rings (SSSR count). The molecule has 0 atom stereocenters. The largest absolute Gasteiger partial charge is 0.496 e. The summed E-state index contributed by atoms with van der Waals surface area (Å²) < 4.78 is 6.69. The van der Waals surface area contributed by atoms with Crippen LogP contribution in [0.1, 0.15) is 11.3 Å². The summed E-state index contributed by atoms with van der Waals surface area (Å²) in [5.41, 5.74) is 2.25. The second-order valence-corrected chi connectivity index (χ2v) is 3.86. The van der Waals surface area contributed by atoms with Crippen LogP contribution >= 0.6 is 0 Å². The van der Waals surface area contributed by atoms with Crippen molar-refractivity contribution < 1.29 is 14.6 Å². The number of hydrogen-bond donors (Lipinski definition) is 1. The molecule has 6 nitrogen and oxygen atoms in total. The quantitative estimate of drug-likeness (QED) is 0.878. The second kappa shape index (κ2) is 4.87. The van der Waals surface area contributed by atoms with Gasteiger partial charge in [-0.3, -0.25) is 4.79 Å². The van der Waals surface area contributed by atoms with Crippen LogP contribution in [-0.4, -0.2) is 33.2 Å². The topological polar surface area (TPSA) is 77.2 Å². The molecule has 0 bridgehead atoms. The summed E-state index contributed by atoms with van der Waals surface area (Å²) in [7, 11) is 1.60. The first-order valence-corrected chi connectivity index (χ1v) is 5.38. The summed E-state index contributed by atoms with van der Waals surface area (Å²) in [6.45, 7) is 1.91. The first-order chi connectivity index (χ1) is 8.61. The molecule has 0 saturated carbocycles. The fraction of sp³-hybridized carbons (Fsp3) is 0.250. The lowest BCUT2D eigenvalue weighted by atomic mass is 10.2. The molecule has 6 heteroatoms. The van der Waals surface area contributed by atoms with E-state index < -0.39 is 5.97 Å². The molecule has 94 valence electrons. The molecule has 1 N–H and O–H groups in total. The van der Waals surface area contributed by atoms with Crippen molar-refractivity contribution in [2.24, 2.45) is 0 Å². The highest BCUT2D eigenvalue weighted by molar-refractivity contribution is 5.69. The summed E-state index contributed by atoms with van der Waals surface area (Å²) in [6, 6.07) is 5.50. The zero-order valence-corrected chi connectivity index (χ0v) is 10.1. The number of methoxy groups -OCH3 is 1. The molecule has 2 aromatic rings. The zero-order valence-electron chi connectivity index (χ0n) is 10.1. The molecule has 0 unspecified atom stereocenters. The fourth-order valence-corrected chi connectivity index (χ4v) is 1.74. The number of aromatic nitrogens is 3. The van der Waals surface area contributed by atoms with Gasteiger partial charge in [0.25, 0.3) is 0 Å². The van der Waals surface area contributed by atoms with E-state index in [2.05, 4.69) is 10.3 Å². The maximum absolute atomic E-state index is 10.7. The van der Waals surface area contributed by atoms with Crippen LogP contribution in [0.3, 0.4) is 0 Å². The van der Waals surface area contributed by atoms with Gasteiger partial charge in [0.05, 0.1) is 31.1 Å². The maximum atomic E-state index is 10.7. The molecule has 18 heavy (non-hydrogen) atoms. The summed E-state index contributed by atoms with van der Waals surface area (Å²) >= 11 is 0. The Hall–Kier alpha value is -2.37. The fourth-order valence-electron chi connectivity index (χ4n) is 1.74. The van der Waals surface area contributed by atoms with Gasteiger partial charge < -0.3 is 9.84 Å². The predicted octanol–water partition coefficient (Wildman–Crippen LogP) is 1.21. The number of rotatable bonds is 4. The van der Waals surface area contributed by atoms with E-state index >= 15 is 0 Å². The summed E-state index contributed by atoms with van der Waals surface area (Å²) in [6.07, 6.45) is 1.34. The number of aliphatic carboxylic acids is 1. The van der Waals surface area contributed by atoms with Gasteiger partial charge in [0.2, 0.25) is 0 Å². The number of nitrogens with zero attached hydrogens (tertiary/aromatic N) is 3. The first kappa shape index (κ1) is 12.1. The Balaban J connectivity index is 2.40. The first-order valence-electron chi connectivity index (χ1n) is 5.38. The van der Waals surface area contributed by atoms with Crippen molar-refractivity contribution in [2.45, 2.75) is 13.3 Å². The third kappa shape index (κ3) is 2.32. The summed E-state index contributed by atoms with van der Waals surface area (Å²) in [5.74, 6) is -0.137. The molecule has 0 aliphatic rings. The lowest BCUT2D eigenvalue weighted by Gasteiger charge is -2.08. The Morgan fingerprint density at radius 2 is 2.28 bits per heavy atom. The van der Waals surface area contributed by atoms with Crippen LogP contribution in [0.25, 0.3) is 5.69 Å². The van der Waals surface area contributed by atoms with Crippen molar-refractivity contribution in [3.05, 3.63) is 35.7 Å². The van der Waals surface area contributed by atoms with Crippen molar-refractivity contribution in [3.8, 4) is 11.4 Å². The number of benzene rings is 1. The van der Waals surface area contributed by atoms with Gasteiger partial charge in [-0.15, -0.1) is 5.10 Å². The lowest BCUT2D eigenvalue weighted by molar-refractivity contribution is -0.136. The lowest BCUT2D eigenvalue weighted by Crippen LogP contribution is -2.08. The average Bonchev–Trinajstić information content (AvgIpc) is 2.76. The Morgan fingerprint density at radius 1 is 1.50 bits per heavy atom. The van der Waals surface area contributed by atoms with E-state index in [1.165, 1.54) is 10.9 Å². The van der Waals surface area contributed by atoms with Crippen LogP contribution in [0.4, 0.5) is 0 Å². The van der Waals surface area contributed by atoms with E-state index in [1.54, 1.807) is 7.11 Å². The predicted molar refractivity (Wildman–Crippen MR) is 64.0 cm³/mol. The van der Waals surface area contributed by atoms with Gasteiger partial charge in [0.1, 0.15) is 5.75 Å². The van der Waals surface area contributed by atoms with Crippen LogP contribution in [0.15, 0.2) is 24.4 Å². The molecule has 0 fully saturated rings. The van der Waals surface area contributed by atoms with Gasteiger partial charge in [-0.05, 0) is 30.7 Å². The molecule has 0 aliphatic carbocycles. The number of carboxylic acid groups (broad SMARTS) is 1. The minimum absolute atomic E-state index is 0.113. The van der Waals surface area contributed by atoms with Crippen LogP contribution in [0.5, 0.6) is 5.75 Å². The van der Waals surface area contributed by atoms with E-state index in [4.69, 9.17) is 9.84 Å². The van der Waals surface area contributed by atoms with Crippen LogP contribution in [0, 0.1) is 6.92 Å². The number of ether oxygens (including phenoxy) is 1. The third-order valence-electron chi connectivity index (χ3n) is 2.58. The van der Waals surface area contributed by atoms with Crippen molar-refractivity contribution in [1.82, 2.24) is 15.0 Å². The summed E-state index contributed by atoms with van der Waals surface area (Å²) in [4.78, 5) is 10.7. The molecule has 0 aliphatic heterocycles. The molecular weight excluding hydrogens is 234 g/mol. The highest BCUT2D eigenvalue weighted by atomic mass is 16.5. The average molecular weight is 247 g/mol. The van der Waals surface area contributed by atoms with Gasteiger partial charge in [0, 0.05) is 0 Å². The monoisotopic (exact) mass is 247 g/mol. The van der Waals surface area contributed by atoms with Gasteiger partial charge >= 0.3 is 5.97 Å². The SMILES string of the molecule is COc1ccc(-n2nncc2CC(=O)O)cc1C. The molecule has 0 radical (unpaired) electrons. The smallest absolute Gasteiger partial charge is 0.309 e. The normalized spacial score (nSPS) is 10.3. The highest BCUT2D eigenvalue weighted by Crippen LogP contribution is 2.21. The standard InChI is InChI=1S/C12H13N3O3/c1-8-5-9(3-4-11(8)18-2)15-10(6-12(16)17)7-13-14-15/h3-5,7H,6H2,1-2H3,(H,16,17). The van der Waals surface area contributed by atoms with Crippen LogP contribution < -0.4 is 4.74 Å². The van der Waals surface area contributed by atoms with E-state index in [1.807, 2.05) is 25.1 Å². The molecule has 0 saturated heterocycles. The number of aryl methyl sites for hydroxylation is 1. The van der Waals surface area contributed by atoms with Crippen molar-refractivity contribution in [1.29, 1.82) is 0 Å². The molecule has 0 amide bonds. The minimum atomic E-state index is -0.913. The summed E-state index contributed by atoms with van der Waals surface area (Å²) in [5, 5.41) is 16.4. The van der Waals surface area contributed by atoms with Crippen molar-refractivity contribution >= 4 is 5.97 Å². The molecule has 1 aromatic carbocycles. The van der Waals surface area contributed by atoms with Gasteiger partial charge in [-0.25, -0.2) is 4.68 Å². The third-order valence-corrected chi connectivity index (χ3v) is 2.58. The Labute approximate surface area is 104 Å². The van der Waals surface area contributed by atoms with Crippen LogP contribution in [-0.2, 0) is 11.2 Å². The molecule has 1 aromatic heterocycles. The molecular formula is C12H13N3O3. The maximum Gasteiger partial charge on any atom is 0.309 e. The van der Waals surface area contributed by atoms with Crippen LogP contribution in [0.2, 0.25) is 0 Å². The molecule has 0 spiro atoms.